The highest BCUT2D eigenvalue weighted by atomic mass is 35.5. The molecule has 2 saturated heterocycles. The monoisotopic (exact) mass is 300 g/mol. The molecule has 1 N–H and O–H groups in total. The molecule has 2 aliphatic heterocycles. The zero-order valence-corrected chi connectivity index (χ0v) is 12.4. The van der Waals surface area contributed by atoms with Crippen LogP contribution in [-0.4, -0.2) is 37.0 Å². The van der Waals surface area contributed by atoms with Crippen LogP contribution in [0.1, 0.15) is 15.9 Å². The summed E-state index contributed by atoms with van der Waals surface area (Å²) in [6.07, 6.45) is 0. The highest BCUT2D eigenvalue weighted by Crippen LogP contribution is 2.29. The van der Waals surface area contributed by atoms with Crippen molar-refractivity contribution < 1.29 is 4.79 Å². The van der Waals surface area contributed by atoms with Crippen LogP contribution in [0.3, 0.4) is 0 Å². The number of amides is 1. The number of hydrogen-bond donors (Lipinski definition) is 1. The Balaban J connectivity index is 0.00000133. The number of nitrogens with zero attached hydrogens (tertiary/aromatic N) is 1. The Morgan fingerprint density at radius 3 is 2.58 bits per heavy atom. The van der Waals surface area contributed by atoms with E-state index in [4.69, 9.17) is 11.6 Å². The van der Waals surface area contributed by atoms with Crippen LogP contribution >= 0.6 is 24.0 Å². The van der Waals surface area contributed by atoms with E-state index in [-0.39, 0.29) is 18.3 Å². The van der Waals surface area contributed by atoms with Gasteiger partial charge in [-0.25, -0.2) is 0 Å². The van der Waals surface area contributed by atoms with Crippen molar-refractivity contribution in [3.63, 3.8) is 0 Å². The highest BCUT2D eigenvalue weighted by molar-refractivity contribution is 6.34. The van der Waals surface area contributed by atoms with Crippen molar-refractivity contribution in [1.82, 2.24) is 10.2 Å². The summed E-state index contributed by atoms with van der Waals surface area (Å²) < 4.78 is 0. The maximum Gasteiger partial charge on any atom is 0.255 e. The fourth-order valence-electron chi connectivity index (χ4n) is 3.00. The normalized spacial score (nSPS) is 25.1. The molecule has 0 spiro atoms. The third-order valence-corrected chi connectivity index (χ3v) is 4.60. The Hall–Kier alpha value is -0.770. The summed E-state index contributed by atoms with van der Waals surface area (Å²) in [5.41, 5.74) is 1.60. The SMILES string of the molecule is Cc1cccc(C(=O)N2C[C@H]3CNC[C@H]3C2)c1Cl.Cl. The Bertz CT molecular complexity index is 480. The second-order valence-electron chi connectivity index (χ2n) is 5.32. The predicted octanol–water partition coefficient (Wildman–Crippen LogP) is 2.36. The number of carbonyl (C=O) groups is 1. The topological polar surface area (TPSA) is 32.3 Å². The summed E-state index contributed by atoms with van der Waals surface area (Å²) in [6, 6.07) is 5.65. The fourth-order valence-corrected chi connectivity index (χ4v) is 3.21. The number of benzene rings is 1. The molecule has 1 amide bonds. The molecule has 0 bridgehead atoms. The molecular weight excluding hydrogens is 283 g/mol. The maximum absolute atomic E-state index is 12.5. The van der Waals surface area contributed by atoms with E-state index in [1.165, 1.54) is 0 Å². The molecule has 0 aliphatic carbocycles. The minimum Gasteiger partial charge on any atom is -0.338 e. The molecule has 0 unspecified atom stereocenters. The molecule has 1 aromatic carbocycles. The summed E-state index contributed by atoms with van der Waals surface area (Å²) in [5, 5.41) is 3.98. The van der Waals surface area contributed by atoms with Crippen LogP contribution in [-0.2, 0) is 0 Å². The third-order valence-electron chi connectivity index (χ3n) is 4.10. The van der Waals surface area contributed by atoms with Crippen molar-refractivity contribution in [2.45, 2.75) is 6.92 Å². The Labute approximate surface area is 124 Å². The van der Waals surface area contributed by atoms with E-state index in [0.29, 0.717) is 22.4 Å². The number of likely N-dealkylation sites (tertiary alicyclic amines) is 1. The molecule has 2 atom stereocenters. The van der Waals surface area contributed by atoms with E-state index in [1.54, 1.807) is 0 Å². The van der Waals surface area contributed by atoms with Crippen LogP contribution in [0, 0.1) is 18.8 Å². The number of aryl methyl sites for hydroxylation is 1. The first-order chi connectivity index (χ1) is 8.66. The molecule has 3 rings (SSSR count). The third kappa shape index (κ3) is 2.60. The van der Waals surface area contributed by atoms with Crippen LogP contribution in [0.25, 0.3) is 0 Å². The lowest BCUT2D eigenvalue weighted by Gasteiger charge is -2.18. The second-order valence-corrected chi connectivity index (χ2v) is 5.70. The number of carbonyl (C=O) groups excluding carboxylic acids is 1. The Morgan fingerprint density at radius 1 is 1.32 bits per heavy atom. The molecule has 3 nitrogen and oxygen atoms in total. The van der Waals surface area contributed by atoms with Crippen LogP contribution < -0.4 is 5.32 Å². The quantitative estimate of drug-likeness (QED) is 0.863. The van der Waals surface area contributed by atoms with Gasteiger partial charge in [0.25, 0.3) is 5.91 Å². The van der Waals surface area contributed by atoms with Gasteiger partial charge in [0.15, 0.2) is 0 Å². The van der Waals surface area contributed by atoms with Crippen LogP contribution in [0.5, 0.6) is 0 Å². The van der Waals surface area contributed by atoms with Crippen molar-refractivity contribution in [2.24, 2.45) is 11.8 Å². The highest BCUT2D eigenvalue weighted by Gasteiger charge is 2.38. The minimum atomic E-state index is 0. The van der Waals surface area contributed by atoms with Crippen LogP contribution in [0.4, 0.5) is 0 Å². The van der Waals surface area contributed by atoms with Gasteiger partial charge in [-0.3, -0.25) is 4.79 Å². The average Bonchev–Trinajstić information content (AvgIpc) is 2.92. The molecule has 0 saturated carbocycles. The fraction of sp³-hybridized carbons (Fsp3) is 0.500. The zero-order valence-electron chi connectivity index (χ0n) is 10.9. The second kappa shape index (κ2) is 5.70. The molecule has 2 fully saturated rings. The van der Waals surface area contributed by atoms with Gasteiger partial charge in [-0.15, -0.1) is 12.4 Å². The smallest absolute Gasteiger partial charge is 0.255 e. The van der Waals surface area contributed by atoms with E-state index in [1.807, 2.05) is 30.0 Å². The molecule has 1 aromatic rings. The summed E-state index contributed by atoms with van der Waals surface area (Å²) in [4.78, 5) is 14.4. The maximum atomic E-state index is 12.5. The van der Waals surface area contributed by atoms with Gasteiger partial charge in [0.05, 0.1) is 10.6 Å². The van der Waals surface area contributed by atoms with Crippen molar-refractivity contribution in [3.8, 4) is 0 Å². The van der Waals surface area contributed by atoms with E-state index in [9.17, 15) is 4.79 Å². The Kier molecular flexibility index (Phi) is 4.39. The largest absolute Gasteiger partial charge is 0.338 e. The van der Waals surface area contributed by atoms with Gasteiger partial charge in [0.2, 0.25) is 0 Å². The summed E-state index contributed by atoms with van der Waals surface area (Å²) in [7, 11) is 0. The zero-order chi connectivity index (χ0) is 12.7. The van der Waals surface area contributed by atoms with Gasteiger partial charge in [-0.2, -0.15) is 0 Å². The molecular formula is C14H18Cl2N2O. The van der Waals surface area contributed by atoms with Crippen LogP contribution in [0.15, 0.2) is 18.2 Å². The van der Waals surface area contributed by atoms with Gasteiger partial charge in [-0.05, 0) is 30.4 Å². The van der Waals surface area contributed by atoms with E-state index in [0.717, 1.165) is 31.7 Å². The number of nitrogens with one attached hydrogen (secondary N) is 1. The van der Waals surface area contributed by atoms with Crippen molar-refractivity contribution in [2.75, 3.05) is 26.2 Å². The first kappa shape index (κ1) is 14.6. The Morgan fingerprint density at radius 2 is 1.95 bits per heavy atom. The molecule has 19 heavy (non-hydrogen) atoms. The standard InChI is InChI=1S/C14H17ClN2O.ClH/c1-9-3-2-4-12(13(9)15)14(18)17-7-10-5-16-6-11(10)8-17;/h2-4,10-11,16H,5-8H2,1H3;1H/t10-,11+;. The molecule has 2 heterocycles. The first-order valence-electron chi connectivity index (χ1n) is 6.42. The van der Waals surface area contributed by atoms with Crippen molar-refractivity contribution in [3.05, 3.63) is 34.3 Å². The van der Waals surface area contributed by atoms with Gasteiger partial charge in [-0.1, -0.05) is 23.7 Å². The lowest BCUT2D eigenvalue weighted by molar-refractivity contribution is 0.0782. The number of fused-ring (bicyclic) bond motifs is 1. The molecule has 5 heteroatoms. The first-order valence-corrected chi connectivity index (χ1v) is 6.79. The van der Waals surface area contributed by atoms with E-state index >= 15 is 0 Å². The van der Waals surface area contributed by atoms with Gasteiger partial charge in [0.1, 0.15) is 0 Å². The average molecular weight is 301 g/mol. The lowest BCUT2D eigenvalue weighted by Crippen LogP contribution is -2.32. The predicted molar refractivity (Wildman–Crippen MR) is 79.2 cm³/mol. The molecule has 0 aromatic heterocycles. The summed E-state index contributed by atoms with van der Waals surface area (Å²) in [5.74, 6) is 1.33. The molecule has 2 aliphatic rings. The van der Waals surface area contributed by atoms with Crippen molar-refractivity contribution >= 4 is 29.9 Å². The number of rotatable bonds is 1. The number of halogens is 2. The van der Waals surface area contributed by atoms with E-state index < -0.39 is 0 Å². The van der Waals surface area contributed by atoms with E-state index in [2.05, 4.69) is 5.32 Å². The van der Waals surface area contributed by atoms with Crippen molar-refractivity contribution in [1.29, 1.82) is 0 Å². The molecule has 104 valence electrons. The van der Waals surface area contributed by atoms with Gasteiger partial charge < -0.3 is 10.2 Å². The number of hydrogen-bond acceptors (Lipinski definition) is 2. The minimum absolute atomic E-state index is 0. The van der Waals surface area contributed by atoms with Gasteiger partial charge in [0, 0.05) is 26.2 Å². The molecule has 0 radical (unpaired) electrons. The van der Waals surface area contributed by atoms with Gasteiger partial charge >= 0.3 is 0 Å². The summed E-state index contributed by atoms with van der Waals surface area (Å²) in [6.45, 7) is 5.73. The van der Waals surface area contributed by atoms with Crippen LogP contribution in [0.2, 0.25) is 5.02 Å². The summed E-state index contributed by atoms with van der Waals surface area (Å²) >= 11 is 6.23. The lowest BCUT2D eigenvalue weighted by atomic mass is 10.0.